The van der Waals surface area contributed by atoms with E-state index in [0.717, 1.165) is 6.54 Å². The van der Waals surface area contributed by atoms with Crippen LogP contribution in [0.3, 0.4) is 0 Å². The molecule has 2 aromatic carbocycles. The van der Waals surface area contributed by atoms with E-state index in [9.17, 15) is 0 Å². The van der Waals surface area contributed by atoms with E-state index >= 15 is 0 Å². The van der Waals surface area contributed by atoms with Crippen LogP contribution in [-0.4, -0.2) is 7.05 Å². The van der Waals surface area contributed by atoms with Gasteiger partial charge in [0.05, 0.1) is 0 Å². The van der Waals surface area contributed by atoms with E-state index in [2.05, 4.69) is 94.2 Å². The first-order valence-corrected chi connectivity index (χ1v) is 8.73. The van der Waals surface area contributed by atoms with Gasteiger partial charge in [0, 0.05) is 25.2 Å². The molecule has 27 heavy (non-hydrogen) atoms. The van der Waals surface area contributed by atoms with Gasteiger partial charge in [0.25, 0.3) is 0 Å². The Labute approximate surface area is 191 Å². The van der Waals surface area contributed by atoms with Crippen molar-refractivity contribution in [1.82, 2.24) is 0 Å². The fourth-order valence-corrected chi connectivity index (χ4v) is 3.75. The monoisotopic (exact) mass is 435 g/mol. The molecule has 0 saturated heterocycles. The number of allylic oxidation sites excluding steroid dienone is 4. The Morgan fingerprint density at radius 2 is 1.37 bits per heavy atom. The third-order valence-corrected chi connectivity index (χ3v) is 5.55. The smallest absolute Gasteiger partial charge is 1.00 e. The summed E-state index contributed by atoms with van der Waals surface area (Å²) in [6, 6.07) is 19.5. The molecule has 0 amide bonds. The van der Waals surface area contributed by atoms with Gasteiger partial charge in [-0.05, 0) is 60.8 Å². The molecule has 0 spiro atoms. The Morgan fingerprint density at radius 1 is 0.815 bits per heavy atom. The van der Waals surface area contributed by atoms with Crippen molar-refractivity contribution in [3.63, 3.8) is 0 Å². The normalized spacial score (nSPS) is 15.7. The Kier molecular flexibility index (Phi) is 10.7. The van der Waals surface area contributed by atoms with Crippen LogP contribution in [0.25, 0.3) is 5.57 Å². The second-order valence-corrected chi connectivity index (χ2v) is 6.92. The Morgan fingerprint density at radius 3 is 1.93 bits per heavy atom. The maximum Gasteiger partial charge on any atom is 2.00 e. The molecule has 0 heterocycles. The van der Waals surface area contributed by atoms with Crippen molar-refractivity contribution in [3.05, 3.63) is 82.4 Å². The second-order valence-electron chi connectivity index (χ2n) is 6.92. The summed E-state index contributed by atoms with van der Waals surface area (Å²) in [7, 11) is 2.17. The summed E-state index contributed by atoms with van der Waals surface area (Å²) in [6.07, 6.45) is 0. The fourth-order valence-electron chi connectivity index (χ4n) is 3.75. The summed E-state index contributed by atoms with van der Waals surface area (Å²) in [5.41, 5.74) is 9.98. The van der Waals surface area contributed by atoms with Gasteiger partial charge in [0.2, 0.25) is 0 Å². The molecule has 4 heteroatoms. The van der Waals surface area contributed by atoms with Crippen molar-refractivity contribution >= 4 is 11.3 Å². The zero-order valence-electron chi connectivity index (χ0n) is 16.7. The van der Waals surface area contributed by atoms with Gasteiger partial charge < -0.3 is 29.7 Å². The number of para-hydroxylation sites is 1. The van der Waals surface area contributed by atoms with Gasteiger partial charge in [-0.2, -0.15) is 0 Å². The molecule has 1 aliphatic rings. The fraction of sp³-hybridized carbons (Fsp3) is 0.304. The van der Waals surface area contributed by atoms with Gasteiger partial charge in [-0.1, -0.05) is 55.0 Å². The van der Waals surface area contributed by atoms with Crippen LogP contribution in [-0.2, 0) is 28.3 Å². The molecule has 0 aromatic heterocycles. The van der Waals surface area contributed by atoms with Crippen molar-refractivity contribution in [2.75, 3.05) is 11.9 Å². The van der Waals surface area contributed by atoms with Gasteiger partial charge in [-0.3, -0.25) is 0 Å². The molecule has 0 fully saturated rings. The summed E-state index contributed by atoms with van der Waals surface area (Å²) in [5.74, 6) is 0.508. The van der Waals surface area contributed by atoms with Gasteiger partial charge in [0.1, 0.15) is 0 Å². The van der Waals surface area contributed by atoms with Gasteiger partial charge in [0.15, 0.2) is 0 Å². The van der Waals surface area contributed by atoms with Gasteiger partial charge >= 0.3 is 21.7 Å². The number of anilines is 1. The molecule has 0 radical (unpaired) electrons. The molecule has 0 saturated carbocycles. The van der Waals surface area contributed by atoms with Gasteiger partial charge in [-0.15, -0.1) is 0 Å². The van der Waals surface area contributed by atoms with Crippen LogP contribution in [0.5, 0.6) is 0 Å². The molecule has 0 bridgehead atoms. The molecule has 1 unspecified atom stereocenters. The van der Waals surface area contributed by atoms with E-state index in [1.54, 1.807) is 0 Å². The minimum absolute atomic E-state index is 0. The summed E-state index contributed by atoms with van der Waals surface area (Å²) in [6.45, 7) is 10.1. The molecule has 0 N–H and O–H groups in total. The van der Waals surface area contributed by atoms with E-state index in [4.69, 9.17) is 0 Å². The number of rotatable bonds is 4. The molecule has 1 atom stereocenters. The number of nitrogens with zero attached hydrogens (tertiary/aromatic N) is 1. The maximum atomic E-state index is 2.34. The molecular formula is C23H27Cl2NTi. The van der Waals surface area contributed by atoms with Crippen molar-refractivity contribution in [2.45, 2.75) is 34.2 Å². The van der Waals surface area contributed by atoms with Crippen LogP contribution in [0, 0.1) is 5.92 Å². The van der Waals surface area contributed by atoms with Crippen molar-refractivity contribution < 1.29 is 46.5 Å². The first-order valence-electron chi connectivity index (χ1n) is 8.73. The zero-order chi connectivity index (χ0) is 17.3. The van der Waals surface area contributed by atoms with E-state index < -0.39 is 0 Å². The minimum Gasteiger partial charge on any atom is -1.00 e. The molecule has 2 aromatic rings. The number of halogens is 2. The zero-order valence-corrected chi connectivity index (χ0v) is 19.8. The van der Waals surface area contributed by atoms with Crippen LogP contribution in [0.1, 0.15) is 38.8 Å². The largest absolute Gasteiger partial charge is 2.00 e. The molecular weight excluding hydrogens is 409 g/mol. The van der Waals surface area contributed by atoms with Crippen LogP contribution >= 0.6 is 0 Å². The molecule has 1 aliphatic carbocycles. The standard InChI is InChI=1S/C23H27N.2ClH.Ti/c1-16-17(2)19(4)23(18(16)3)22-14-10-9-11-20(22)15-24(5)21-12-7-6-8-13-21;;;/h6-14,18H,15H2,1-5H3;2*1H;/q;;;+2/p-2. The quantitative estimate of drug-likeness (QED) is 0.615. The Bertz CT molecular complexity index is 812. The van der Waals surface area contributed by atoms with Crippen molar-refractivity contribution in [1.29, 1.82) is 0 Å². The Hall–Kier alpha value is -0.986. The van der Waals surface area contributed by atoms with E-state index in [1.807, 2.05) is 0 Å². The summed E-state index contributed by atoms with van der Waals surface area (Å²) in [5, 5.41) is 0. The maximum absolute atomic E-state index is 2.34. The third-order valence-electron chi connectivity index (χ3n) is 5.55. The summed E-state index contributed by atoms with van der Waals surface area (Å²) >= 11 is 0. The molecule has 3 rings (SSSR count). The van der Waals surface area contributed by atoms with Gasteiger partial charge in [-0.25, -0.2) is 0 Å². The summed E-state index contributed by atoms with van der Waals surface area (Å²) in [4.78, 5) is 2.32. The average Bonchev–Trinajstić information content (AvgIpc) is 2.80. The van der Waals surface area contributed by atoms with Crippen LogP contribution in [0.15, 0.2) is 71.3 Å². The SMILES string of the molecule is CC1=C(C)C(C)C(c2ccccc2CN(C)c2ccccc2)=C1C.[Cl-].[Cl-].[Ti+2]. The third kappa shape index (κ3) is 5.30. The van der Waals surface area contributed by atoms with Crippen LogP contribution in [0.4, 0.5) is 5.69 Å². The number of benzene rings is 2. The van der Waals surface area contributed by atoms with Crippen LogP contribution < -0.4 is 29.7 Å². The predicted octanol–water partition coefficient (Wildman–Crippen LogP) is 0.0881. The second kappa shape index (κ2) is 11.1. The number of hydrogen-bond donors (Lipinski definition) is 0. The molecule has 142 valence electrons. The average molecular weight is 436 g/mol. The van der Waals surface area contributed by atoms with E-state index in [1.165, 1.54) is 39.1 Å². The topological polar surface area (TPSA) is 3.24 Å². The molecule has 0 aliphatic heterocycles. The Balaban J connectivity index is 0.00000225. The van der Waals surface area contributed by atoms with E-state index in [-0.39, 0.29) is 46.5 Å². The first kappa shape index (κ1) is 26.0. The first-order chi connectivity index (χ1) is 11.5. The number of hydrogen-bond acceptors (Lipinski definition) is 1. The van der Waals surface area contributed by atoms with Crippen molar-refractivity contribution in [2.24, 2.45) is 5.92 Å². The van der Waals surface area contributed by atoms with Crippen LogP contribution in [0.2, 0.25) is 0 Å². The van der Waals surface area contributed by atoms with Crippen molar-refractivity contribution in [3.8, 4) is 0 Å². The predicted molar refractivity (Wildman–Crippen MR) is 105 cm³/mol. The molecule has 1 nitrogen and oxygen atoms in total. The summed E-state index contributed by atoms with van der Waals surface area (Å²) < 4.78 is 0. The van der Waals surface area contributed by atoms with E-state index in [0.29, 0.717) is 5.92 Å². The minimum atomic E-state index is 0.